The standard InChI is InChI=1S/C20H22N4O/c1-16-7-9-17(10-8-16)15-23-11-13-24(14-12-23)20-21-19(22-25-20)18-5-3-2-4-6-18/h2-10H,11-15H2,1H3. The number of rotatable bonds is 4. The van der Waals surface area contributed by atoms with Crippen molar-refractivity contribution in [1.29, 1.82) is 0 Å². The van der Waals surface area contributed by atoms with Gasteiger partial charge in [-0.05, 0) is 12.5 Å². The van der Waals surface area contributed by atoms with Gasteiger partial charge in [-0.1, -0.05) is 65.3 Å². The minimum atomic E-state index is 0.619. The van der Waals surface area contributed by atoms with Gasteiger partial charge in [0.1, 0.15) is 0 Å². The average Bonchev–Trinajstić information content (AvgIpc) is 3.15. The molecule has 5 nitrogen and oxygen atoms in total. The lowest BCUT2D eigenvalue weighted by Crippen LogP contribution is -2.46. The molecule has 0 unspecified atom stereocenters. The van der Waals surface area contributed by atoms with E-state index in [1.807, 2.05) is 30.3 Å². The number of nitrogens with zero attached hydrogens (tertiary/aromatic N) is 4. The van der Waals surface area contributed by atoms with E-state index in [2.05, 4.69) is 51.1 Å². The van der Waals surface area contributed by atoms with Gasteiger partial charge in [0.25, 0.3) is 0 Å². The molecule has 5 heteroatoms. The molecule has 0 N–H and O–H groups in total. The Bertz CT molecular complexity index is 805. The maximum atomic E-state index is 5.47. The van der Waals surface area contributed by atoms with Crippen molar-refractivity contribution in [2.75, 3.05) is 31.1 Å². The summed E-state index contributed by atoms with van der Waals surface area (Å²) < 4.78 is 5.47. The van der Waals surface area contributed by atoms with Gasteiger partial charge in [-0.2, -0.15) is 4.98 Å². The summed E-state index contributed by atoms with van der Waals surface area (Å²) in [6.45, 7) is 6.92. The van der Waals surface area contributed by atoms with Crippen LogP contribution < -0.4 is 4.90 Å². The number of aromatic nitrogens is 2. The van der Waals surface area contributed by atoms with Crippen LogP contribution in [-0.4, -0.2) is 41.2 Å². The Morgan fingerprint density at radius 1 is 0.920 bits per heavy atom. The van der Waals surface area contributed by atoms with E-state index in [0.717, 1.165) is 38.3 Å². The quantitative estimate of drug-likeness (QED) is 0.732. The molecule has 1 saturated heterocycles. The number of hydrogen-bond acceptors (Lipinski definition) is 5. The SMILES string of the molecule is Cc1ccc(CN2CCN(c3nc(-c4ccccc4)no3)CC2)cc1. The number of aryl methyl sites for hydroxylation is 1. The minimum Gasteiger partial charge on any atom is -0.322 e. The molecule has 1 fully saturated rings. The fourth-order valence-electron chi connectivity index (χ4n) is 3.10. The summed E-state index contributed by atoms with van der Waals surface area (Å²) in [4.78, 5) is 9.19. The zero-order valence-electron chi connectivity index (χ0n) is 14.4. The first-order valence-corrected chi connectivity index (χ1v) is 8.70. The van der Waals surface area contributed by atoms with Crippen molar-refractivity contribution in [1.82, 2.24) is 15.0 Å². The van der Waals surface area contributed by atoms with Crippen LogP contribution in [0.25, 0.3) is 11.4 Å². The first-order chi connectivity index (χ1) is 12.3. The molecule has 1 aliphatic heterocycles. The van der Waals surface area contributed by atoms with E-state index in [1.165, 1.54) is 11.1 Å². The van der Waals surface area contributed by atoms with Crippen molar-refractivity contribution in [2.24, 2.45) is 0 Å². The molecule has 0 aliphatic carbocycles. The molecular formula is C20H22N4O. The monoisotopic (exact) mass is 334 g/mol. The smallest absolute Gasteiger partial charge is 0.322 e. The van der Waals surface area contributed by atoms with Gasteiger partial charge in [0.15, 0.2) is 0 Å². The molecule has 0 radical (unpaired) electrons. The molecule has 1 aromatic heterocycles. The zero-order valence-corrected chi connectivity index (χ0v) is 14.4. The van der Waals surface area contributed by atoms with Crippen LogP contribution >= 0.6 is 0 Å². The summed E-state index contributed by atoms with van der Waals surface area (Å²) in [6.07, 6.45) is 0. The maximum Gasteiger partial charge on any atom is 0.324 e. The molecule has 0 amide bonds. The van der Waals surface area contributed by atoms with E-state index in [0.29, 0.717) is 11.8 Å². The number of benzene rings is 2. The van der Waals surface area contributed by atoms with Crippen molar-refractivity contribution in [3.8, 4) is 11.4 Å². The van der Waals surface area contributed by atoms with E-state index in [9.17, 15) is 0 Å². The van der Waals surface area contributed by atoms with Crippen LogP contribution in [0.5, 0.6) is 0 Å². The lowest BCUT2D eigenvalue weighted by molar-refractivity contribution is 0.242. The van der Waals surface area contributed by atoms with Gasteiger partial charge < -0.3 is 9.42 Å². The van der Waals surface area contributed by atoms with Gasteiger partial charge in [0.2, 0.25) is 5.82 Å². The van der Waals surface area contributed by atoms with Crippen molar-refractivity contribution in [3.05, 3.63) is 65.7 Å². The van der Waals surface area contributed by atoms with E-state index >= 15 is 0 Å². The summed E-state index contributed by atoms with van der Waals surface area (Å²) in [5.74, 6) is 0.651. The van der Waals surface area contributed by atoms with Crippen LogP contribution in [0.1, 0.15) is 11.1 Å². The molecular weight excluding hydrogens is 312 g/mol. The average molecular weight is 334 g/mol. The predicted octanol–water partition coefficient (Wildman–Crippen LogP) is 3.37. The van der Waals surface area contributed by atoms with Crippen molar-refractivity contribution in [2.45, 2.75) is 13.5 Å². The summed E-state index contributed by atoms with van der Waals surface area (Å²) in [5.41, 5.74) is 3.65. The molecule has 2 heterocycles. The van der Waals surface area contributed by atoms with Gasteiger partial charge in [-0.3, -0.25) is 4.90 Å². The molecule has 0 bridgehead atoms. The van der Waals surface area contributed by atoms with Gasteiger partial charge >= 0.3 is 6.01 Å². The van der Waals surface area contributed by atoms with Gasteiger partial charge in [-0.25, -0.2) is 0 Å². The van der Waals surface area contributed by atoms with Crippen LogP contribution in [0, 0.1) is 6.92 Å². The maximum absolute atomic E-state index is 5.47. The zero-order chi connectivity index (χ0) is 17.1. The summed E-state index contributed by atoms with van der Waals surface area (Å²) in [6, 6.07) is 19.3. The molecule has 128 valence electrons. The second-order valence-electron chi connectivity index (χ2n) is 6.52. The molecule has 0 spiro atoms. The molecule has 0 saturated carbocycles. The molecule has 0 atom stereocenters. The summed E-state index contributed by atoms with van der Waals surface area (Å²) >= 11 is 0. The van der Waals surface area contributed by atoms with E-state index in [1.54, 1.807) is 0 Å². The number of anilines is 1. The highest BCUT2D eigenvalue weighted by Gasteiger charge is 2.21. The molecule has 3 aromatic rings. The topological polar surface area (TPSA) is 45.4 Å². The normalized spacial score (nSPS) is 15.5. The molecule has 25 heavy (non-hydrogen) atoms. The highest BCUT2D eigenvalue weighted by molar-refractivity contribution is 5.55. The summed E-state index contributed by atoms with van der Waals surface area (Å²) in [7, 11) is 0. The lowest BCUT2D eigenvalue weighted by Gasteiger charge is -2.33. The minimum absolute atomic E-state index is 0.619. The van der Waals surface area contributed by atoms with Gasteiger partial charge in [0, 0.05) is 38.3 Å². The van der Waals surface area contributed by atoms with E-state index in [4.69, 9.17) is 4.52 Å². The Kier molecular flexibility index (Phi) is 4.48. The van der Waals surface area contributed by atoms with E-state index in [-0.39, 0.29) is 0 Å². The number of piperazine rings is 1. The van der Waals surface area contributed by atoms with Crippen LogP contribution in [-0.2, 0) is 6.54 Å². The second-order valence-corrected chi connectivity index (χ2v) is 6.52. The van der Waals surface area contributed by atoms with Crippen LogP contribution in [0.15, 0.2) is 59.1 Å². The Morgan fingerprint density at radius 3 is 2.36 bits per heavy atom. The van der Waals surface area contributed by atoms with Crippen LogP contribution in [0.4, 0.5) is 6.01 Å². The Balaban J connectivity index is 1.36. The Hall–Kier alpha value is -2.66. The molecule has 4 rings (SSSR count). The third kappa shape index (κ3) is 3.72. The van der Waals surface area contributed by atoms with E-state index < -0.39 is 0 Å². The molecule has 2 aromatic carbocycles. The fourth-order valence-corrected chi connectivity index (χ4v) is 3.10. The Labute approximate surface area is 147 Å². The fraction of sp³-hybridized carbons (Fsp3) is 0.300. The number of hydrogen-bond donors (Lipinski definition) is 0. The van der Waals surface area contributed by atoms with Crippen molar-refractivity contribution in [3.63, 3.8) is 0 Å². The lowest BCUT2D eigenvalue weighted by atomic mass is 10.1. The first kappa shape index (κ1) is 15.8. The van der Waals surface area contributed by atoms with Crippen LogP contribution in [0.2, 0.25) is 0 Å². The third-order valence-corrected chi connectivity index (χ3v) is 4.62. The highest BCUT2D eigenvalue weighted by atomic mass is 16.5. The molecule has 1 aliphatic rings. The van der Waals surface area contributed by atoms with Gasteiger partial charge in [0.05, 0.1) is 0 Å². The van der Waals surface area contributed by atoms with Crippen molar-refractivity contribution >= 4 is 6.01 Å². The van der Waals surface area contributed by atoms with Crippen LogP contribution in [0.3, 0.4) is 0 Å². The van der Waals surface area contributed by atoms with Crippen molar-refractivity contribution < 1.29 is 4.52 Å². The first-order valence-electron chi connectivity index (χ1n) is 8.70. The second kappa shape index (κ2) is 7.07. The summed E-state index contributed by atoms with van der Waals surface area (Å²) in [5, 5.41) is 4.12. The predicted molar refractivity (Wildman–Crippen MR) is 98.4 cm³/mol. The largest absolute Gasteiger partial charge is 0.324 e. The van der Waals surface area contributed by atoms with Gasteiger partial charge in [-0.15, -0.1) is 0 Å². The third-order valence-electron chi connectivity index (χ3n) is 4.62. The highest BCUT2D eigenvalue weighted by Crippen LogP contribution is 2.21. The Morgan fingerprint density at radius 2 is 1.64 bits per heavy atom.